The smallest absolute Gasteiger partial charge is 0.290 e. The fourth-order valence-electron chi connectivity index (χ4n) is 3.75. The molecule has 0 saturated heterocycles. The molecule has 0 spiro atoms. The summed E-state index contributed by atoms with van der Waals surface area (Å²) in [5, 5.41) is 11.5. The van der Waals surface area contributed by atoms with Gasteiger partial charge in [0.1, 0.15) is 6.61 Å². The SMILES string of the molecule is C=CCOc1ccc(C2C(C(=O)c3sc(C)nc3C)=C(O)C(=O)N2CCOC)cc1OCC. The zero-order chi connectivity index (χ0) is 24.1. The van der Waals surface area contributed by atoms with Crippen LogP contribution in [0.2, 0.25) is 0 Å². The molecule has 1 aliphatic rings. The van der Waals surface area contributed by atoms with E-state index in [1.807, 2.05) is 6.92 Å². The van der Waals surface area contributed by atoms with Crippen LogP contribution in [0.1, 0.15) is 38.9 Å². The second-order valence-electron chi connectivity index (χ2n) is 7.37. The summed E-state index contributed by atoms with van der Waals surface area (Å²) < 4.78 is 16.6. The lowest BCUT2D eigenvalue weighted by Gasteiger charge is -2.27. The Hall–Kier alpha value is -3.17. The van der Waals surface area contributed by atoms with Gasteiger partial charge in [0.15, 0.2) is 17.3 Å². The van der Waals surface area contributed by atoms with Gasteiger partial charge >= 0.3 is 0 Å². The standard InChI is InChI=1S/C24H28N2O6S/c1-6-11-32-17-9-8-16(13-18(17)31-7-2)20-19(21(27)23-14(3)25-15(4)33-23)22(28)24(29)26(20)10-12-30-5/h6,8-9,13,20,28H,1,7,10-12H2,2-5H3. The molecule has 1 N–H and O–H groups in total. The summed E-state index contributed by atoms with van der Waals surface area (Å²) in [7, 11) is 1.53. The van der Waals surface area contributed by atoms with Crippen LogP contribution in [0.4, 0.5) is 0 Å². The Kier molecular flexibility index (Phi) is 7.88. The second-order valence-corrected chi connectivity index (χ2v) is 8.57. The Morgan fingerprint density at radius 2 is 2.06 bits per heavy atom. The number of hydrogen-bond donors (Lipinski definition) is 1. The Bertz CT molecular complexity index is 1090. The van der Waals surface area contributed by atoms with Crippen molar-refractivity contribution in [2.24, 2.45) is 0 Å². The second kappa shape index (κ2) is 10.6. The summed E-state index contributed by atoms with van der Waals surface area (Å²) in [5.74, 6) is -0.609. The first kappa shape index (κ1) is 24.5. The molecule has 33 heavy (non-hydrogen) atoms. The molecular weight excluding hydrogens is 444 g/mol. The number of thiazole rings is 1. The quantitative estimate of drug-likeness (QED) is 0.391. The van der Waals surface area contributed by atoms with Gasteiger partial charge in [0.25, 0.3) is 5.91 Å². The Balaban J connectivity index is 2.11. The molecule has 1 aromatic heterocycles. The largest absolute Gasteiger partial charge is 0.503 e. The molecule has 0 aliphatic carbocycles. The van der Waals surface area contributed by atoms with Crippen LogP contribution in [-0.2, 0) is 9.53 Å². The Labute approximate surface area is 197 Å². The summed E-state index contributed by atoms with van der Waals surface area (Å²) in [6.07, 6.45) is 1.63. The van der Waals surface area contributed by atoms with Gasteiger partial charge in [-0.25, -0.2) is 4.98 Å². The summed E-state index contributed by atoms with van der Waals surface area (Å²) >= 11 is 1.24. The van der Waals surface area contributed by atoms with E-state index < -0.39 is 23.5 Å². The van der Waals surface area contributed by atoms with E-state index in [-0.39, 0.29) is 18.7 Å². The number of rotatable bonds is 11. The van der Waals surface area contributed by atoms with Crippen LogP contribution in [0.25, 0.3) is 0 Å². The van der Waals surface area contributed by atoms with Crippen molar-refractivity contribution in [3.63, 3.8) is 0 Å². The van der Waals surface area contributed by atoms with Gasteiger partial charge < -0.3 is 24.2 Å². The maximum atomic E-state index is 13.5. The number of aryl methyl sites for hydroxylation is 2. The Morgan fingerprint density at radius 3 is 2.67 bits per heavy atom. The van der Waals surface area contributed by atoms with E-state index in [1.54, 1.807) is 38.1 Å². The fraction of sp³-hybridized carbons (Fsp3) is 0.375. The van der Waals surface area contributed by atoms with Crippen LogP contribution in [0.15, 0.2) is 42.2 Å². The molecule has 1 aliphatic heterocycles. The highest BCUT2D eigenvalue weighted by Crippen LogP contribution is 2.42. The third-order valence-corrected chi connectivity index (χ3v) is 6.21. The van der Waals surface area contributed by atoms with Crippen LogP contribution in [0.3, 0.4) is 0 Å². The minimum Gasteiger partial charge on any atom is -0.503 e. The fourth-order valence-corrected chi connectivity index (χ4v) is 4.62. The highest BCUT2D eigenvalue weighted by Gasteiger charge is 2.44. The molecule has 0 fully saturated rings. The number of methoxy groups -OCH3 is 1. The van der Waals surface area contributed by atoms with Gasteiger partial charge in [-0.3, -0.25) is 9.59 Å². The highest BCUT2D eigenvalue weighted by atomic mass is 32.1. The van der Waals surface area contributed by atoms with E-state index in [4.69, 9.17) is 14.2 Å². The van der Waals surface area contributed by atoms with Gasteiger partial charge in [0.2, 0.25) is 5.78 Å². The number of carbonyl (C=O) groups excluding carboxylic acids is 2. The number of amides is 1. The van der Waals surface area contributed by atoms with Crippen LogP contribution >= 0.6 is 11.3 Å². The van der Waals surface area contributed by atoms with Crippen molar-refractivity contribution >= 4 is 23.0 Å². The van der Waals surface area contributed by atoms with Crippen LogP contribution in [0.5, 0.6) is 11.5 Å². The molecule has 0 saturated carbocycles. The lowest BCUT2D eigenvalue weighted by atomic mass is 9.94. The molecule has 3 rings (SSSR count). The normalized spacial score (nSPS) is 15.8. The summed E-state index contributed by atoms with van der Waals surface area (Å²) in [5.41, 5.74) is 1.19. The molecule has 0 radical (unpaired) electrons. The van der Waals surface area contributed by atoms with E-state index in [9.17, 15) is 14.7 Å². The molecule has 9 heteroatoms. The zero-order valence-corrected chi connectivity index (χ0v) is 20.0. The molecule has 1 unspecified atom stereocenters. The first-order valence-electron chi connectivity index (χ1n) is 10.6. The molecule has 1 amide bonds. The molecule has 0 bridgehead atoms. The van der Waals surface area contributed by atoms with Gasteiger partial charge in [0, 0.05) is 13.7 Å². The molecule has 2 aromatic rings. The first-order valence-corrected chi connectivity index (χ1v) is 11.4. The number of hydrogen-bond acceptors (Lipinski definition) is 8. The molecule has 1 atom stereocenters. The van der Waals surface area contributed by atoms with E-state index >= 15 is 0 Å². The topological polar surface area (TPSA) is 98.2 Å². The van der Waals surface area contributed by atoms with Gasteiger partial charge in [-0.15, -0.1) is 11.3 Å². The minimum absolute atomic E-state index is 0.0186. The predicted octanol–water partition coefficient (Wildman–Crippen LogP) is 3.95. The number of benzene rings is 1. The summed E-state index contributed by atoms with van der Waals surface area (Å²) in [6.45, 7) is 10.2. The van der Waals surface area contributed by atoms with Crippen molar-refractivity contribution in [3.8, 4) is 11.5 Å². The van der Waals surface area contributed by atoms with Gasteiger partial charge in [-0.2, -0.15) is 0 Å². The third kappa shape index (κ3) is 4.94. The van der Waals surface area contributed by atoms with Gasteiger partial charge in [0.05, 0.1) is 40.4 Å². The van der Waals surface area contributed by atoms with Crippen LogP contribution < -0.4 is 9.47 Å². The number of ether oxygens (including phenoxy) is 3. The average molecular weight is 473 g/mol. The number of nitrogens with zero attached hydrogens (tertiary/aromatic N) is 2. The van der Waals surface area contributed by atoms with Crippen molar-refractivity contribution in [1.29, 1.82) is 0 Å². The monoisotopic (exact) mass is 472 g/mol. The summed E-state index contributed by atoms with van der Waals surface area (Å²) in [6, 6.07) is 4.41. The molecule has 176 valence electrons. The van der Waals surface area contributed by atoms with Crippen LogP contribution in [-0.4, -0.2) is 60.2 Å². The third-order valence-electron chi connectivity index (χ3n) is 5.13. The molecule has 1 aromatic carbocycles. The number of Topliss-reactive ketones (excluding diaryl/α,β-unsaturated/α-hetero) is 1. The number of carbonyl (C=O) groups is 2. The maximum absolute atomic E-state index is 13.5. The van der Waals surface area contributed by atoms with E-state index in [1.165, 1.54) is 23.3 Å². The predicted molar refractivity (Wildman–Crippen MR) is 125 cm³/mol. The minimum atomic E-state index is -0.811. The Morgan fingerprint density at radius 1 is 1.30 bits per heavy atom. The van der Waals surface area contributed by atoms with Gasteiger partial charge in [-0.1, -0.05) is 18.7 Å². The van der Waals surface area contributed by atoms with Crippen molar-refractivity contribution in [2.75, 3.05) is 33.5 Å². The lowest BCUT2D eigenvalue weighted by molar-refractivity contribution is -0.130. The van der Waals surface area contributed by atoms with E-state index in [2.05, 4.69) is 11.6 Å². The molecule has 2 heterocycles. The summed E-state index contributed by atoms with van der Waals surface area (Å²) in [4.78, 5) is 32.7. The van der Waals surface area contributed by atoms with Crippen molar-refractivity contribution in [1.82, 2.24) is 9.88 Å². The number of aliphatic hydroxyl groups excluding tert-OH is 1. The van der Waals surface area contributed by atoms with Gasteiger partial charge in [-0.05, 0) is 38.5 Å². The van der Waals surface area contributed by atoms with Crippen molar-refractivity contribution in [2.45, 2.75) is 26.8 Å². The maximum Gasteiger partial charge on any atom is 0.290 e. The van der Waals surface area contributed by atoms with E-state index in [0.29, 0.717) is 40.8 Å². The average Bonchev–Trinajstić information content (AvgIpc) is 3.26. The zero-order valence-electron chi connectivity index (χ0n) is 19.2. The molecule has 8 nitrogen and oxygen atoms in total. The van der Waals surface area contributed by atoms with E-state index in [0.717, 1.165) is 5.01 Å². The number of ketones is 1. The van der Waals surface area contributed by atoms with Crippen molar-refractivity contribution < 1.29 is 28.9 Å². The van der Waals surface area contributed by atoms with Crippen molar-refractivity contribution in [3.05, 3.63) is 63.3 Å². The lowest BCUT2D eigenvalue weighted by Crippen LogP contribution is -2.34. The van der Waals surface area contributed by atoms with Crippen LogP contribution in [0, 0.1) is 13.8 Å². The highest BCUT2D eigenvalue weighted by molar-refractivity contribution is 7.14. The first-order chi connectivity index (χ1) is 15.8. The number of aliphatic hydroxyl groups is 1. The molecular formula is C24H28N2O6S. The number of aromatic nitrogens is 1.